The van der Waals surface area contributed by atoms with Crippen LogP contribution in [0.1, 0.15) is 22.8 Å². The quantitative estimate of drug-likeness (QED) is 0.759. The molecule has 2 atom stereocenters. The van der Waals surface area contributed by atoms with E-state index in [2.05, 4.69) is 5.32 Å². The maximum Gasteiger partial charge on any atom is 0.407 e. The molecule has 0 heterocycles. The molecule has 2 unspecified atom stereocenters. The van der Waals surface area contributed by atoms with Crippen LogP contribution in [0.15, 0.2) is 48.5 Å². The summed E-state index contributed by atoms with van der Waals surface area (Å²) in [4.78, 5) is 11.6. The highest BCUT2D eigenvalue weighted by molar-refractivity contribution is 5.67. The van der Waals surface area contributed by atoms with Crippen LogP contribution in [0.5, 0.6) is 0 Å². The van der Waals surface area contributed by atoms with Crippen LogP contribution in [0.2, 0.25) is 0 Å². The van der Waals surface area contributed by atoms with Gasteiger partial charge >= 0.3 is 6.09 Å². The summed E-state index contributed by atoms with van der Waals surface area (Å²) in [5.74, 6) is -0.416. The summed E-state index contributed by atoms with van der Waals surface area (Å²) in [6.07, 6.45) is -3.17. The number of halogens is 1. The Morgan fingerprint density at radius 1 is 1.21 bits per heavy atom. The first-order chi connectivity index (χ1) is 11.5. The van der Waals surface area contributed by atoms with E-state index < -0.39 is 24.1 Å². The third-order valence-corrected chi connectivity index (χ3v) is 3.58. The molecular formula is C18H20FNO4. The highest BCUT2D eigenvalue weighted by Gasteiger charge is 2.21. The van der Waals surface area contributed by atoms with Crippen molar-refractivity contribution in [2.24, 2.45) is 0 Å². The van der Waals surface area contributed by atoms with E-state index in [1.165, 1.54) is 18.2 Å². The Morgan fingerprint density at radius 3 is 2.58 bits per heavy atom. The van der Waals surface area contributed by atoms with Gasteiger partial charge in [0, 0.05) is 6.54 Å². The molecule has 0 aliphatic carbocycles. The number of alkyl carbamates (subject to hydrolysis) is 1. The summed E-state index contributed by atoms with van der Waals surface area (Å²) in [6, 6.07) is 13.1. The lowest BCUT2D eigenvalue weighted by Gasteiger charge is -2.20. The molecule has 24 heavy (non-hydrogen) atoms. The van der Waals surface area contributed by atoms with Gasteiger partial charge in [-0.25, -0.2) is 9.18 Å². The fraction of sp³-hybridized carbons (Fsp3) is 0.278. The van der Waals surface area contributed by atoms with E-state index in [1.807, 2.05) is 30.3 Å². The minimum Gasteiger partial charge on any atom is -0.445 e. The number of carbonyl (C=O) groups excluding carboxylic acids is 1. The molecule has 0 radical (unpaired) electrons. The molecule has 2 aromatic carbocycles. The lowest BCUT2D eigenvalue weighted by Crippen LogP contribution is -2.36. The van der Waals surface area contributed by atoms with Crippen molar-refractivity contribution in [2.75, 3.05) is 6.54 Å². The second-order valence-corrected chi connectivity index (χ2v) is 5.46. The minimum atomic E-state index is -1.24. The van der Waals surface area contributed by atoms with Crippen molar-refractivity contribution in [1.82, 2.24) is 5.32 Å². The number of rotatable bonds is 6. The number of benzene rings is 2. The van der Waals surface area contributed by atoms with Crippen molar-refractivity contribution in [3.05, 3.63) is 71.0 Å². The summed E-state index contributed by atoms with van der Waals surface area (Å²) in [5.41, 5.74) is 1.77. The first-order valence-corrected chi connectivity index (χ1v) is 7.54. The van der Waals surface area contributed by atoms with Crippen LogP contribution in [-0.2, 0) is 11.3 Å². The van der Waals surface area contributed by atoms with Crippen molar-refractivity contribution in [3.63, 3.8) is 0 Å². The predicted molar refractivity (Wildman–Crippen MR) is 86.7 cm³/mol. The average Bonchev–Trinajstić information content (AvgIpc) is 2.58. The number of hydrogen-bond donors (Lipinski definition) is 3. The zero-order chi connectivity index (χ0) is 17.5. The fourth-order valence-corrected chi connectivity index (χ4v) is 2.25. The number of ether oxygens (including phenoxy) is 1. The van der Waals surface area contributed by atoms with Crippen LogP contribution in [0.3, 0.4) is 0 Å². The van der Waals surface area contributed by atoms with Gasteiger partial charge in [0.2, 0.25) is 0 Å². The van der Waals surface area contributed by atoms with Gasteiger partial charge < -0.3 is 20.3 Å². The number of aliphatic hydroxyl groups excluding tert-OH is 2. The monoisotopic (exact) mass is 333 g/mol. The number of aliphatic hydroxyl groups is 2. The van der Waals surface area contributed by atoms with E-state index in [0.29, 0.717) is 11.1 Å². The van der Waals surface area contributed by atoms with Crippen LogP contribution in [0, 0.1) is 12.7 Å². The Balaban J connectivity index is 1.81. The molecule has 0 aliphatic heterocycles. The van der Waals surface area contributed by atoms with Gasteiger partial charge in [-0.05, 0) is 35.7 Å². The first kappa shape index (κ1) is 17.9. The third-order valence-electron chi connectivity index (χ3n) is 3.58. The largest absolute Gasteiger partial charge is 0.445 e. The highest BCUT2D eigenvalue weighted by atomic mass is 19.1. The zero-order valence-electron chi connectivity index (χ0n) is 13.3. The van der Waals surface area contributed by atoms with E-state index in [0.717, 1.165) is 5.56 Å². The average molecular weight is 333 g/mol. The van der Waals surface area contributed by atoms with Gasteiger partial charge in [0.05, 0.1) is 0 Å². The molecule has 0 saturated heterocycles. The molecule has 2 aromatic rings. The molecule has 0 bridgehead atoms. The number of amides is 1. The Morgan fingerprint density at radius 2 is 1.92 bits per heavy atom. The highest BCUT2D eigenvalue weighted by Crippen LogP contribution is 2.21. The summed E-state index contributed by atoms with van der Waals surface area (Å²) < 4.78 is 18.1. The summed E-state index contributed by atoms with van der Waals surface area (Å²) >= 11 is 0. The molecule has 128 valence electrons. The van der Waals surface area contributed by atoms with Crippen LogP contribution in [0.25, 0.3) is 0 Å². The fourth-order valence-electron chi connectivity index (χ4n) is 2.25. The first-order valence-electron chi connectivity index (χ1n) is 7.54. The molecule has 0 spiro atoms. The topological polar surface area (TPSA) is 78.8 Å². The minimum absolute atomic E-state index is 0.113. The molecule has 3 N–H and O–H groups in total. The summed E-state index contributed by atoms with van der Waals surface area (Å²) in [6.45, 7) is 1.56. The normalized spacial score (nSPS) is 13.2. The molecule has 0 fully saturated rings. The van der Waals surface area contributed by atoms with Crippen molar-refractivity contribution < 1.29 is 24.1 Å². The van der Waals surface area contributed by atoms with Crippen LogP contribution in [-0.4, -0.2) is 29.0 Å². The molecule has 6 heteroatoms. The number of hydrogen-bond acceptors (Lipinski definition) is 4. The molecule has 5 nitrogen and oxygen atoms in total. The Kier molecular flexibility index (Phi) is 6.28. The standard InChI is InChI=1S/C18H20FNO4/c1-12-9-14(19)7-8-15(12)17(22)16(21)10-20-18(23)24-11-13-5-3-2-4-6-13/h2-9,16-17,21-22H,10-11H2,1H3,(H,20,23). The second-order valence-electron chi connectivity index (χ2n) is 5.46. The molecular weight excluding hydrogens is 313 g/mol. The molecule has 2 rings (SSSR count). The lowest BCUT2D eigenvalue weighted by atomic mass is 9.99. The van der Waals surface area contributed by atoms with Crippen LogP contribution < -0.4 is 5.32 Å². The van der Waals surface area contributed by atoms with Gasteiger partial charge in [-0.3, -0.25) is 0 Å². The number of carbonyl (C=O) groups is 1. The van der Waals surface area contributed by atoms with E-state index in [-0.39, 0.29) is 13.2 Å². The van der Waals surface area contributed by atoms with E-state index in [4.69, 9.17) is 4.74 Å². The van der Waals surface area contributed by atoms with Gasteiger partial charge in [0.15, 0.2) is 0 Å². The van der Waals surface area contributed by atoms with Gasteiger partial charge in [-0.1, -0.05) is 36.4 Å². The van der Waals surface area contributed by atoms with Gasteiger partial charge in [-0.15, -0.1) is 0 Å². The van der Waals surface area contributed by atoms with E-state index in [9.17, 15) is 19.4 Å². The zero-order valence-corrected chi connectivity index (χ0v) is 13.3. The maximum absolute atomic E-state index is 13.1. The van der Waals surface area contributed by atoms with Crippen molar-refractivity contribution in [2.45, 2.75) is 25.7 Å². The Bertz CT molecular complexity index is 678. The second kappa shape index (κ2) is 8.42. The van der Waals surface area contributed by atoms with Crippen LogP contribution >= 0.6 is 0 Å². The molecule has 0 aromatic heterocycles. The van der Waals surface area contributed by atoms with Crippen LogP contribution in [0.4, 0.5) is 9.18 Å². The SMILES string of the molecule is Cc1cc(F)ccc1C(O)C(O)CNC(=O)OCc1ccccc1. The van der Waals surface area contributed by atoms with E-state index in [1.54, 1.807) is 6.92 Å². The van der Waals surface area contributed by atoms with E-state index >= 15 is 0 Å². The predicted octanol–water partition coefficient (Wildman–Crippen LogP) is 2.45. The number of aryl methyl sites for hydroxylation is 1. The van der Waals surface area contributed by atoms with Gasteiger partial charge in [0.25, 0.3) is 0 Å². The third kappa shape index (κ3) is 5.04. The number of nitrogens with one attached hydrogen (secondary N) is 1. The lowest BCUT2D eigenvalue weighted by molar-refractivity contribution is 0.0180. The molecule has 0 aliphatic rings. The van der Waals surface area contributed by atoms with Gasteiger partial charge in [-0.2, -0.15) is 0 Å². The van der Waals surface area contributed by atoms with Crippen molar-refractivity contribution in [3.8, 4) is 0 Å². The molecule has 1 amide bonds. The Labute approximate surface area is 139 Å². The van der Waals surface area contributed by atoms with Crippen molar-refractivity contribution >= 4 is 6.09 Å². The summed E-state index contributed by atoms with van der Waals surface area (Å²) in [5, 5.41) is 22.5. The molecule has 0 saturated carbocycles. The summed E-state index contributed by atoms with van der Waals surface area (Å²) in [7, 11) is 0. The maximum atomic E-state index is 13.1. The smallest absolute Gasteiger partial charge is 0.407 e. The van der Waals surface area contributed by atoms with Gasteiger partial charge in [0.1, 0.15) is 24.6 Å². The Hall–Kier alpha value is -2.44. The van der Waals surface area contributed by atoms with Crippen molar-refractivity contribution in [1.29, 1.82) is 0 Å².